The molecule has 24 heavy (non-hydrogen) atoms. The summed E-state index contributed by atoms with van der Waals surface area (Å²) in [5, 5.41) is 12.2. The van der Waals surface area contributed by atoms with Gasteiger partial charge in [0.1, 0.15) is 5.82 Å². The SMILES string of the molecule is CC(Sc1nnc(C(C)C)n1C1CC1)C(=O)Nc1ccc(Br)cc1. The zero-order chi connectivity index (χ0) is 17.3. The third-order valence-corrected chi connectivity index (χ3v) is 5.47. The van der Waals surface area contributed by atoms with Crippen LogP contribution < -0.4 is 5.32 Å². The van der Waals surface area contributed by atoms with Crippen LogP contribution >= 0.6 is 27.7 Å². The average molecular weight is 409 g/mol. The van der Waals surface area contributed by atoms with Crippen LogP contribution in [0.4, 0.5) is 5.69 Å². The molecule has 1 amide bonds. The first-order chi connectivity index (χ1) is 11.5. The molecule has 1 unspecified atom stereocenters. The summed E-state index contributed by atoms with van der Waals surface area (Å²) in [6, 6.07) is 8.07. The summed E-state index contributed by atoms with van der Waals surface area (Å²) in [4.78, 5) is 12.4. The average Bonchev–Trinajstić information content (AvgIpc) is 3.29. The van der Waals surface area contributed by atoms with E-state index in [9.17, 15) is 4.79 Å². The molecule has 0 bridgehead atoms. The molecule has 0 saturated heterocycles. The van der Waals surface area contributed by atoms with Crippen LogP contribution in [-0.4, -0.2) is 25.9 Å². The number of rotatable bonds is 6. The molecule has 1 heterocycles. The van der Waals surface area contributed by atoms with Crippen molar-refractivity contribution in [2.24, 2.45) is 0 Å². The van der Waals surface area contributed by atoms with Gasteiger partial charge in [-0.25, -0.2) is 0 Å². The molecule has 128 valence electrons. The van der Waals surface area contributed by atoms with Gasteiger partial charge in [-0.3, -0.25) is 4.79 Å². The molecule has 1 aromatic carbocycles. The van der Waals surface area contributed by atoms with Gasteiger partial charge in [0.15, 0.2) is 5.16 Å². The van der Waals surface area contributed by atoms with Gasteiger partial charge in [-0.2, -0.15) is 0 Å². The summed E-state index contributed by atoms with van der Waals surface area (Å²) in [5.74, 6) is 1.32. The van der Waals surface area contributed by atoms with Crippen LogP contribution in [0.1, 0.15) is 51.4 Å². The first-order valence-electron chi connectivity index (χ1n) is 8.13. The quantitative estimate of drug-likeness (QED) is 0.708. The normalized spacial score (nSPS) is 15.5. The van der Waals surface area contributed by atoms with E-state index in [-0.39, 0.29) is 11.2 Å². The molecule has 1 N–H and O–H groups in total. The van der Waals surface area contributed by atoms with E-state index in [0.29, 0.717) is 12.0 Å². The molecule has 0 spiro atoms. The standard InChI is InChI=1S/C17H21BrN4OS/c1-10(2)15-20-21-17(22(15)14-8-9-14)24-11(3)16(23)19-13-6-4-12(18)5-7-13/h4-7,10-11,14H,8-9H2,1-3H3,(H,19,23). The lowest BCUT2D eigenvalue weighted by Gasteiger charge is -2.14. The second-order valence-electron chi connectivity index (χ2n) is 6.35. The molecule has 1 atom stereocenters. The molecule has 1 aromatic heterocycles. The predicted molar refractivity (Wildman–Crippen MR) is 100 cm³/mol. The number of carbonyl (C=O) groups is 1. The maximum absolute atomic E-state index is 12.4. The van der Waals surface area contributed by atoms with Crippen molar-refractivity contribution in [2.45, 2.75) is 56.0 Å². The summed E-state index contributed by atoms with van der Waals surface area (Å²) in [7, 11) is 0. The number of hydrogen-bond donors (Lipinski definition) is 1. The molecule has 1 aliphatic carbocycles. The maximum atomic E-state index is 12.4. The topological polar surface area (TPSA) is 59.8 Å². The minimum Gasteiger partial charge on any atom is -0.325 e. The van der Waals surface area contributed by atoms with E-state index in [2.05, 4.69) is 49.9 Å². The van der Waals surface area contributed by atoms with Crippen LogP contribution in [0.3, 0.4) is 0 Å². The maximum Gasteiger partial charge on any atom is 0.237 e. The van der Waals surface area contributed by atoms with Crippen LogP contribution in [0, 0.1) is 0 Å². The fraction of sp³-hybridized carbons (Fsp3) is 0.471. The van der Waals surface area contributed by atoms with Crippen LogP contribution in [0.15, 0.2) is 33.9 Å². The summed E-state index contributed by atoms with van der Waals surface area (Å²) >= 11 is 4.87. The first-order valence-corrected chi connectivity index (χ1v) is 9.81. The minimum atomic E-state index is -0.240. The number of amides is 1. The van der Waals surface area contributed by atoms with Gasteiger partial charge in [-0.1, -0.05) is 41.5 Å². The van der Waals surface area contributed by atoms with Crippen LogP contribution in [0.2, 0.25) is 0 Å². The minimum absolute atomic E-state index is 0.0289. The first kappa shape index (κ1) is 17.5. The Balaban J connectivity index is 1.69. The number of thioether (sulfide) groups is 1. The number of nitrogens with zero attached hydrogens (tertiary/aromatic N) is 3. The summed E-state index contributed by atoms with van der Waals surface area (Å²) < 4.78 is 3.21. The summed E-state index contributed by atoms with van der Waals surface area (Å²) in [5.41, 5.74) is 0.794. The lowest BCUT2D eigenvalue weighted by Crippen LogP contribution is -2.23. The smallest absolute Gasteiger partial charge is 0.237 e. The molecular formula is C17H21BrN4OS. The Morgan fingerprint density at radius 3 is 2.50 bits per heavy atom. The van der Waals surface area contributed by atoms with Gasteiger partial charge < -0.3 is 9.88 Å². The van der Waals surface area contributed by atoms with E-state index in [1.807, 2.05) is 31.2 Å². The second kappa shape index (κ2) is 7.27. The van der Waals surface area contributed by atoms with Gasteiger partial charge in [0.05, 0.1) is 5.25 Å². The lowest BCUT2D eigenvalue weighted by molar-refractivity contribution is -0.115. The van der Waals surface area contributed by atoms with Crippen molar-refractivity contribution in [3.05, 3.63) is 34.6 Å². The van der Waals surface area contributed by atoms with Crippen molar-refractivity contribution >= 4 is 39.3 Å². The molecule has 1 aliphatic rings. The second-order valence-corrected chi connectivity index (χ2v) is 8.58. The molecule has 5 nitrogen and oxygen atoms in total. The van der Waals surface area contributed by atoms with Crippen LogP contribution in [-0.2, 0) is 4.79 Å². The number of halogens is 1. The Labute approximate surface area is 154 Å². The Morgan fingerprint density at radius 2 is 1.92 bits per heavy atom. The predicted octanol–water partition coefficient (Wildman–Crippen LogP) is 4.62. The third-order valence-electron chi connectivity index (χ3n) is 3.88. The molecule has 0 aliphatic heterocycles. The van der Waals surface area contributed by atoms with Gasteiger partial charge in [-0.05, 0) is 44.0 Å². The molecule has 1 fully saturated rings. The molecule has 7 heteroatoms. The molecule has 2 aromatic rings. The van der Waals surface area contributed by atoms with Gasteiger partial charge >= 0.3 is 0 Å². The highest BCUT2D eigenvalue weighted by Gasteiger charge is 2.31. The van der Waals surface area contributed by atoms with Crippen molar-refractivity contribution in [3.8, 4) is 0 Å². The van der Waals surface area contributed by atoms with E-state index in [1.165, 1.54) is 24.6 Å². The number of hydrogen-bond acceptors (Lipinski definition) is 4. The van der Waals surface area contributed by atoms with Crippen molar-refractivity contribution in [1.82, 2.24) is 14.8 Å². The van der Waals surface area contributed by atoms with E-state index in [1.54, 1.807) is 0 Å². The van der Waals surface area contributed by atoms with Gasteiger partial charge in [0, 0.05) is 22.1 Å². The summed E-state index contributed by atoms with van der Waals surface area (Å²) in [6.07, 6.45) is 2.34. The number of benzene rings is 1. The Kier molecular flexibility index (Phi) is 5.30. The zero-order valence-electron chi connectivity index (χ0n) is 14.0. The monoisotopic (exact) mass is 408 g/mol. The fourth-order valence-electron chi connectivity index (χ4n) is 2.43. The lowest BCUT2D eigenvalue weighted by atomic mass is 10.2. The molecule has 0 radical (unpaired) electrons. The highest BCUT2D eigenvalue weighted by atomic mass is 79.9. The molecule has 3 rings (SSSR count). The van der Waals surface area contributed by atoms with Crippen molar-refractivity contribution in [2.75, 3.05) is 5.32 Å². The highest BCUT2D eigenvalue weighted by Crippen LogP contribution is 2.40. The third kappa shape index (κ3) is 4.00. The number of nitrogens with one attached hydrogen (secondary N) is 1. The number of carbonyl (C=O) groups excluding carboxylic acids is 1. The Hall–Kier alpha value is -1.34. The zero-order valence-corrected chi connectivity index (χ0v) is 16.4. The van der Waals surface area contributed by atoms with Crippen molar-refractivity contribution < 1.29 is 4.79 Å². The fourth-order valence-corrected chi connectivity index (χ4v) is 3.62. The largest absolute Gasteiger partial charge is 0.325 e. The van der Waals surface area contributed by atoms with E-state index < -0.39 is 0 Å². The molecular weight excluding hydrogens is 388 g/mol. The van der Waals surface area contributed by atoms with E-state index in [0.717, 1.165) is 21.1 Å². The Bertz CT molecular complexity index is 725. The molecule has 1 saturated carbocycles. The number of anilines is 1. The van der Waals surface area contributed by atoms with E-state index >= 15 is 0 Å². The number of aromatic nitrogens is 3. The van der Waals surface area contributed by atoms with Crippen molar-refractivity contribution in [1.29, 1.82) is 0 Å². The van der Waals surface area contributed by atoms with Crippen LogP contribution in [0.25, 0.3) is 0 Å². The Morgan fingerprint density at radius 1 is 1.25 bits per heavy atom. The van der Waals surface area contributed by atoms with Crippen LogP contribution in [0.5, 0.6) is 0 Å². The van der Waals surface area contributed by atoms with Crippen molar-refractivity contribution in [3.63, 3.8) is 0 Å². The summed E-state index contributed by atoms with van der Waals surface area (Å²) in [6.45, 7) is 6.15. The van der Waals surface area contributed by atoms with Gasteiger partial charge in [0.2, 0.25) is 5.91 Å². The van der Waals surface area contributed by atoms with Gasteiger partial charge in [0.25, 0.3) is 0 Å². The highest BCUT2D eigenvalue weighted by molar-refractivity contribution is 9.10. The van der Waals surface area contributed by atoms with Gasteiger partial charge in [-0.15, -0.1) is 10.2 Å². The van der Waals surface area contributed by atoms with E-state index in [4.69, 9.17) is 0 Å².